The van der Waals surface area contributed by atoms with Crippen molar-refractivity contribution in [3.05, 3.63) is 83.7 Å². The van der Waals surface area contributed by atoms with Crippen molar-refractivity contribution in [2.24, 2.45) is 0 Å². The standard InChI is InChI=1S/C19H18N2O3/c1-23-18-9-7-16(8-10-18)14-24-19(22)17-11-20-21(13-17)12-15-5-3-2-4-6-15/h2-11,13H,12,14H2,1H3. The van der Waals surface area contributed by atoms with Crippen LogP contribution in [0, 0.1) is 0 Å². The van der Waals surface area contributed by atoms with Crippen LogP contribution >= 0.6 is 0 Å². The van der Waals surface area contributed by atoms with E-state index in [1.807, 2.05) is 54.6 Å². The molecule has 0 radical (unpaired) electrons. The minimum absolute atomic E-state index is 0.215. The number of methoxy groups -OCH3 is 1. The average molecular weight is 322 g/mol. The van der Waals surface area contributed by atoms with E-state index in [1.54, 1.807) is 18.0 Å². The monoisotopic (exact) mass is 322 g/mol. The second-order valence-electron chi connectivity index (χ2n) is 5.34. The minimum atomic E-state index is -0.384. The number of esters is 1. The summed E-state index contributed by atoms with van der Waals surface area (Å²) in [4.78, 5) is 12.1. The Morgan fingerprint density at radius 2 is 1.79 bits per heavy atom. The fourth-order valence-electron chi connectivity index (χ4n) is 2.28. The topological polar surface area (TPSA) is 53.4 Å². The molecular weight excluding hydrogens is 304 g/mol. The van der Waals surface area contributed by atoms with Crippen molar-refractivity contribution in [3.63, 3.8) is 0 Å². The van der Waals surface area contributed by atoms with Gasteiger partial charge in [0, 0.05) is 6.20 Å². The van der Waals surface area contributed by atoms with Crippen molar-refractivity contribution in [2.45, 2.75) is 13.2 Å². The second-order valence-corrected chi connectivity index (χ2v) is 5.34. The molecule has 0 atom stereocenters. The fraction of sp³-hybridized carbons (Fsp3) is 0.158. The lowest BCUT2D eigenvalue weighted by atomic mass is 10.2. The number of aromatic nitrogens is 2. The highest BCUT2D eigenvalue weighted by molar-refractivity contribution is 5.88. The largest absolute Gasteiger partial charge is 0.497 e. The summed E-state index contributed by atoms with van der Waals surface area (Å²) in [7, 11) is 1.61. The van der Waals surface area contributed by atoms with Crippen molar-refractivity contribution >= 4 is 5.97 Å². The van der Waals surface area contributed by atoms with Gasteiger partial charge in [0.25, 0.3) is 0 Å². The van der Waals surface area contributed by atoms with Crippen LogP contribution in [0.5, 0.6) is 5.75 Å². The van der Waals surface area contributed by atoms with E-state index in [0.717, 1.165) is 16.9 Å². The predicted octanol–water partition coefficient (Wildman–Crippen LogP) is 3.30. The molecule has 0 saturated heterocycles. The highest BCUT2D eigenvalue weighted by Gasteiger charge is 2.10. The van der Waals surface area contributed by atoms with Crippen molar-refractivity contribution in [2.75, 3.05) is 7.11 Å². The Balaban J connectivity index is 1.57. The molecule has 1 heterocycles. The summed E-state index contributed by atoms with van der Waals surface area (Å²) in [5.74, 6) is 0.386. The van der Waals surface area contributed by atoms with Crippen LogP contribution in [0.2, 0.25) is 0 Å². The Morgan fingerprint density at radius 3 is 2.50 bits per heavy atom. The molecule has 3 rings (SSSR count). The molecule has 0 amide bonds. The Kier molecular flexibility index (Phi) is 4.91. The molecule has 24 heavy (non-hydrogen) atoms. The number of benzene rings is 2. The summed E-state index contributed by atoms with van der Waals surface area (Å²) in [5.41, 5.74) is 2.47. The zero-order chi connectivity index (χ0) is 16.8. The van der Waals surface area contributed by atoms with Gasteiger partial charge in [-0.2, -0.15) is 5.10 Å². The summed E-state index contributed by atoms with van der Waals surface area (Å²) in [6.07, 6.45) is 3.22. The van der Waals surface area contributed by atoms with Gasteiger partial charge in [-0.1, -0.05) is 42.5 Å². The lowest BCUT2D eigenvalue weighted by Gasteiger charge is -2.05. The van der Waals surface area contributed by atoms with E-state index < -0.39 is 0 Å². The lowest BCUT2D eigenvalue weighted by molar-refractivity contribution is 0.0472. The van der Waals surface area contributed by atoms with Crippen LogP contribution in [0.25, 0.3) is 0 Å². The third kappa shape index (κ3) is 4.01. The fourth-order valence-corrected chi connectivity index (χ4v) is 2.28. The van der Waals surface area contributed by atoms with Gasteiger partial charge in [0.05, 0.1) is 25.4 Å². The molecule has 5 nitrogen and oxygen atoms in total. The minimum Gasteiger partial charge on any atom is -0.497 e. The Labute approximate surface area is 140 Å². The number of hydrogen-bond donors (Lipinski definition) is 0. The number of ether oxygens (including phenoxy) is 2. The van der Waals surface area contributed by atoms with Gasteiger partial charge in [-0.05, 0) is 23.3 Å². The van der Waals surface area contributed by atoms with Crippen LogP contribution < -0.4 is 4.74 Å². The molecule has 3 aromatic rings. The molecule has 5 heteroatoms. The van der Waals surface area contributed by atoms with Crippen LogP contribution in [-0.4, -0.2) is 22.9 Å². The van der Waals surface area contributed by atoms with Gasteiger partial charge in [-0.25, -0.2) is 4.79 Å². The molecule has 0 fully saturated rings. The van der Waals surface area contributed by atoms with Gasteiger partial charge in [-0.3, -0.25) is 4.68 Å². The van der Waals surface area contributed by atoms with E-state index in [4.69, 9.17) is 9.47 Å². The molecule has 0 saturated carbocycles. The zero-order valence-electron chi connectivity index (χ0n) is 13.4. The summed E-state index contributed by atoms with van der Waals surface area (Å²) in [6.45, 7) is 0.833. The molecule has 0 bridgehead atoms. The quantitative estimate of drug-likeness (QED) is 0.654. The predicted molar refractivity (Wildman–Crippen MR) is 89.9 cm³/mol. The first-order chi connectivity index (χ1) is 11.7. The van der Waals surface area contributed by atoms with Crippen molar-refractivity contribution in [1.82, 2.24) is 9.78 Å². The van der Waals surface area contributed by atoms with Crippen molar-refractivity contribution in [3.8, 4) is 5.75 Å². The number of hydrogen-bond acceptors (Lipinski definition) is 4. The molecule has 0 unspecified atom stereocenters. The van der Waals surface area contributed by atoms with E-state index in [9.17, 15) is 4.79 Å². The Morgan fingerprint density at radius 1 is 1.04 bits per heavy atom. The molecule has 0 aliphatic heterocycles. The Bertz CT molecular complexity index is 795. The van der Waals surface area contributed by atoms with E-state index >= 15 is 0 Å². The van der Waals surface area contributed by atoms with E-state index in [0.29, 0.717) is 12.1 Å². The van der Waals surface area contributed by atoms with Gasteiger partial charge in [0.15, 0.2) is 0 Å². The maximum atomic E-state index is 12.1. The van der Waals surface area contributed by atoms with Crippen LogP contribution in [0.15, 0.2) is 67.0 Å². The first kappa shape index (κ1) is 15.8. The SMILES string of the molecule is COc1ccc(COC(=O)c2cnn(Cc3ccccc3)c2)cc1. The number of rotatable bonds is 6. The van der Waals surface area contributed by atoms with Crippen molar-refractivity contribution in [1.29, 1.82) is 0 Å². The highest BCUT2D eigenvalue weighted by atomic mass is 16.5. The average Bonchev–Trinajstić information content (AvgIpc) is 3.09. The summed E-state index contributed by atoms with van der Waals surface area (Å²) in [6, 6.07) is 17.4. The summed E-state index contributed by atoms with van der Waals surface area (Å²) < 4.78 is 12.1. The lowest BCUT2D eigenvalue weighted by Crippen LogP contribution is -2.05. The van der Waals surface area contributed by atoms with E-state index in [2.05, 4.69) is 5.10 Å². The molecule has 0 spiro atoms. The highest BCUT2D eigenvalue weighted by Crippen LogP contribution is 2.13. The molecule has 122 valence electrons. The first-order valence-corrected chi connectivity index (χ1v) is 7.61. The maximum absolute atomic E-state index is 12.1. The van der Waals surface area contributed by atoms with Gasteiger partial charge in [0.2, 0.25) is 0 Å². The van der Waals surface area contributed by atoms with Crippen LogP contribution in [0.3, 0.4) is 0 Å². The van der Waals surface area contributed by atoms with Crippen molar-refractivity contribution < 1.29 is 14.3 Å². The first-order valence-electron chi connectivity index (χ1n) is 7.61. The summed E-state index contributed by atoms with van der Waals surface area (Å²) >= 11 is 0. The van der Waals surface area contributed by atoms with E-state index in [1.165, 1.54) is 6.20 Å². The molecule has 0 N–H and O–H groups in total. The molecule has 0 aliphatic rings. The van der Waals surface area contributed by atoms with Gasteiger partial charge < -0.3 is 9.47 Å². The van der Waals surface area contributed by atoms with Crippen LogP contribution in [0.1, 0.15) is 21.5 Å². The molecular formula is C19H18N2O3. The van der Waals surface area contributed by atoms with Gasteiger partial charge >= 0.3 is 5.97 Å². The van der Waals surface area contributed by atoms with Crippen LogP contribution in [-0.2, 0) is 17.9 Å². The number of carbonyl (C=O) groups excluding carboxylic acids is 1. The smallest absolute Gasteiger partial charge is 0.341 e. The van der Waals surface area contributed by atoms with Gasteiger partial charge in [0.1, 0.15) is 12.4 Å². The third-order valence-corrected chi connectivity index (χ3v) is 3.59. The molecule has 2 aromatic carbocycles. The number of nitrogens with zero attached hydrogens (tertiary/aromatic N) is 2. The Hall–Kier alpha value is -3.08. The second kappa shape index (κ2) is 7.46. The van der Waals surface area contributed by atoms with Gasteiger partial charge in [-0.15, -0.1) is 0 Å². The van der Waals surface area contributed by atoms with Crippen LogP contribution in [0.4, 0.5) is 0 Å². The zero-order valence-corrected chi connectivity index (χ0v) is 13.4. The number of carbonyl (C=O) groups is 1. The normalized spacial score (nSPS) is 10.4. The third-order valence-electron chi connectivity index (χ3n) is 3.59. The maximum Gasteiger partial charge on any atom is 0.341 e. The molecule has 0 aliphatic carbocycles. The van der Waals surface area contributed by atoms with E-state index in [-0.39, 0.29) is 12.6 Å². The molecule has 1 aromatic heterocycles. The summed E-state index contributed by atoms with van der Waals surface area (Å²) in [5, 5.41) is 4.21.